The van der Waals surface area contributed by atoms with E-state index in [4.69, 9.17) is 0 Å². The van der Waals surface area contributed by atoms with Crippen LogP contribution in [0.5, 0.6) is 0 Å². The van der Waals surface area contributed by atoms with Crippen molar-refractivity contribution in [2.24, 2.45) is 0 Å². The molecule has 0 atom stereocenters. The molecule has 0 spiro atoms. The van der Waals surface area contributed by atoms with Crippen molar-refractivity contribution < 1.29 is 9.45 Å². The van der Waals surface area contributed by atoms with Crippen molar-refractivity contribution in [2.75, 3.05) is 11.9 Å². The summed E-state index contributed by atoms with van der Waals surface area (Å²) in [7, 11) is 0. The molecule has 0 saturated heterocycles. The first kappa shape index (κ1) is 11.1. The molecule has 7 heteroatoms. The van der Waals surface area contributed by atoms with Crippen molar-refractivity contribution in [1.29, 1.82) is 0 Å². The third-order valence-corrected chi connectivity index (χ3v) is 2.16. The number of rotatable bonds is 5. The molecule has 1 aromatic carbocycles. The van der Waals surface area contributed by atoms with E-state index >= 15 is 0 Å². The number of non-ortho nitro benzene ring substituents is 1. The van der Waals surface area contributed by atoms with Crippen molar-refractivity contribution >= 4 is 11.4 Å². The van der Waals surface area contributed by atoms with Gasteiger partial charge in [-0.15, -0.1) is 0 Å². The fourth-order valence-electron chi connectivity index (χ4n) is 1.32. The van der Waals surface area contributed by atoms with Gasteiger partial charge in [0.25, 0.3) is 5.69 Å². The van der Waals surface area contributed by atoms with E-state index in [1.165, 1.54) is 18.5 Å². The molecule has 7 nitrogen and oxygen atoms in total. The van der Waals surface area contributed by atoms with Crippen LogP contribution in [-0.2, 0) is 6.42 Å². The zero-order valence-corrected chi connectivity index (χ0v) is 8.87. The van der Waals surface area contributed by atoms with Gasteiger partial charge in [-0.3, -0.25) is 10.1 Å². The average molecular weight is 234 g/mol. The maximum Gasteiger partial charge on any atom is 0.269 e. The van der Waals surface area contributed by atoms with E-state index in [1.54, 1.807) is 12.1 Å². The molecule has 17 heavy (non-hydrogen) atoms. The van der Waals surface area contributed by atoms with Gasteiger partial charge in [-0.25, -0.2) is 0 Å². The number of benzene rings is 1. The minimum Gasteiger partial charge on any atom is -0.385 e. The highest BCUT2D eigenvalue weighted by molar-refractivity contribution is 5.48. The first-order valence-electron chi connectivity index (χ1n) is 4.99. The summed E-state index contributed by atoms with van der Waals surface area (Å²) < 4.78 is 4.60. The van der Waals surface area contributed by atoms with Crippen molar-refractivity contribution in [3.05, 3.63) is 46.6 Å². The molecule has 0 unspecified atom stereocenters. The molecular formula is C10H10N4O3. The molecular weight excluding hydrogens is 224 g/mol. The molecule has 88 valence electrons. The van der Waals surface area contributed by atoms with Crippen LogP contribution in [0.15, 0.2) is 35.2 Å². The molecule has 0 aliphatic heterocycles. The predicted octanol–water partition coefficient (Wildman–Crippen LogP) is 1.63. The van der Waals surface area contributed by atoms with Crippen molar-refractivity contribution in [3.63, 3.8) is 0 Å². The number of anilines is 1. The second-order valence-electron chi connectivity index (χ2n) is 3.33. The number of hydrogen-bond donors (Lipinski definition) is 1. The van der Waals surface area contributed by atoms with Crippen LogP contribution in [0.2, 0.25) is 0 Å². The van der Waals surface area contributed by atoms with E-state index in [-0.39, 0.29) is 5.69 Å². The van der Waals surface area contributed by atoms with Crippen molar-refractivity contribution in [3.8, 4) is 0 Å². The summed E-state index contributed by atoms with van der Waals surface area (Å²) in [6, 6.07) is 6.23. The number of nitro benzene ring substituents is 1. The molecule has 1 N–H and O–H groups in total. The normalized spacial score (nSPS) is 10.1. The van der Waals surface area contributed by atoms with Gasteiger partial charge in [0, 0.05) is 30.8 Å². The van der Waals surface area contributed by atoms with E-state index in [0.29, 0.717) is 18.8 Å². The predicted molar refractivity (Wildman–Crippen MR) is 59.6 cm³/mol. The third-order valence-electron chi connectivity index (χ3n) is 2.16. The SMILES string of the molecule is O=[N+]([O-])c1ccc(NCCc2ncon2)cc1. The summed E-state index contributed by atoms with van der Waals surface area (Å²) in [5.74, 6) is 0.624. The van der Waals surface area contributed by atoms with E-state index in [0.717, 1.165) is 5.69 Å². The Labute approximate surface area is 96.6 Å². The van der Waals surface area contributed by atoms with E-state index in [2.05, 4.69) is 20.0 Å². The Balaban J connectivity index is 1.85. The molecule has 1 heterocycles. The third kappa shape index (κ3) is 3.00. The Morgan fingerprint density at radius 1 is 1.35 bits per heavy atom. The summed E-state index contributed by atoms with van der Waals surface area (Å²) in [5.41, 5.74) is 0.896. The fourth-order valence-corrected chi connectivity index (χ4v) is 1.32. The molecule has 0 radical (unpaired) electrons. The Morgan fingerprint density at radius 3 is 2.71 bits per heavy atom. The van der Waals surface area contributed by atoms with Crippen LogP contribution < -0.4 is 5.32 Å². The Morgan fingerprint density at radius 2 is 2.12 bits per heavy atom. The summed E-state index contributed by atoms with van der Waals surface area (Å²) in [6.45, 7) is 0.636. The van der Waals surface area contributed by atoms with Crippen LogP contribution in [0.1, 0.15) is 5.82 Å². The standard InChI is InChI=1S/C10H10N4O3/c15-14(16)9-3-1-8(2-4-9)11-6-5-10-12-7-17-13-10/h1-4,7,11H,5-6H2. The van der Waals surface area contributed by atoms with Gasteiger partial charge in [0.15, 0.2) is 5.82 Å². The Hall–Kier alpha value is -2.44. The Kier molecular flexibility index (Phi) is 3.29. The lowest BCUT2D eigenvalue weighted by molar-refractivity contribution is -0.384. The van der Waals surface area contributed by atoms with E-state index < -0.39 is 4.92 Å². The largest absolute Gasteiger partial charge is 0.385 e. The van der Waals surface area contributed by atoms with Crippen molar-refractivity contribution in [1.82, 2.24) is 10.1 Å². The van der Waals surface area contributed by atoms with Gasteiger partial charge in [0.05, 0.1) is 4.92 Å². The lowest BCUT2D eigenvalue weighted by Crippen LogP contribution is -2.05. The molecule has 0 aliphatic carbocycles. The van der Waals surface area contributed by atoms with Gasteiger partial charge in [-0.05, 0) is 12.1 Å². The first-order chi connectivity index (χ1) is 8.25. The van der Waals surface area contributed by atoms with Crippen LogP contribution >= 0.6 is 0 Å². The number of nitrogens with one attached hydrogen (secondary N) is 1. The van der Waals surface area contributed by atoms with E-state index in [9.17, 15) is 10.1 Å². The highest BCUT2D eigenvalue weighted by atomic mass is 16.6. The van der Waals surface area contributed by atoms with Crippen LogP contribution in [0, 0.1) is 10.1 Å². The molecule has 0 saturated carbocycles. The maximum atomic E-state index is 10.4. The smallest absolute Gasteiger partial charge is 0.269 e. The van der Waals surface area contributed by atoms with Gasteiger partial charge in [-0.1, -0.05) is 5.16 Å². The monoisotopic (exact) mass is 234 g/mol. The van der Waals surface area contributed by atoms with Gasteiger partial charge in [0.2, 0.25) is 6.39 Å². The number of aromatic nitrogens is 2. The lowest BCUT2D eigenvalue weighted by Gasteiger charge is -2.03. The van der Waals surface area contributed by atoms with Gasteiger partial charge >= 0.3 is 0 Å². The van der Waals surface area contributed by atoms with Crippen LogP contribution in [0.3, 0.4) is 0 Å². The molecule has 0 aliphatic rings. The summed E-state index contributed by atoms with van der Waals surface area (Å²) >= 11 is 0. The van der Waals surface area contributed by atoms with Gasteiger partial charge in [0.1, 0.15) is 0 Å². The summed E-state index contributed by atoms with van der Waals surface area (Å²) in [4.78, 5) is 13.9. The quantitative estimate of drug-likeness (QED) is 0.624. The van der Waals surface area contributed by atoms with E-state index in [1.807, 2.05) is 0 Å². The molecule has 0 fully saturated rings. The topological polar surface area (TPSA) is 94.1 Å². The molecule has 0 amide bonds. The summed E-state index contributed by atoms with van der Waals surface area (Å²) in [6.07, 6.45) is 1.91. The zero-order valence-electron chi connectivity index (χ0n) is 8.87. The number of nitro groups is 1. The van der Waals surface area contributed by atoms with Crippen molar-refractivity contribution in [2.45, 2.75) is 6.42 Å². The van der Waals surface area contributed by atoms with Crippen LogP contribution in [0.25, 0.3) is 0 Å². The fraction of sp³-hybridized carbons (Fsp3) is 0.200. The zero-order chi connectivity index (χ0) is 12.1. The van der Waals surface area contributed by atoms with Crippen LogP contribution in [-0.4, -0.2) is 21.6 Å². The molecule has 2 rings (SSSR count). The number of nitrogens with zero attached hydrogens (tertiary/aromatic N) is 3. The molecule has 1 aromatic heterocycles. The summed E-state index contributed by atoms with van der Waals surface area (Å²) in [5, 5.41) is 17.2. The molecule has 0 bridgehead atoms. The average Bonchev–Trinajstić information content (AvgIpc) is 2.83. The second kappa shape index (κ2) is 5.06. The second-order valence-corrected chi connectivity index (χ2v) is 3.33. The first-order valence-corrected chi connectivity index (χ1v) is 4.99. The maximum absolute atomic E-state index is 10.4. The molecule has 2 aromatic rings. The highest BCUT2D eigenvalue weighted by Crippen LogP contribution is 2.15. The minimum absolute atomic E-state index is 0.0775. The van der Waals surface area contributed by atoms with Crippen LogP contribution in [0.4, 0.5) is 11.4 Å². The Bertz CT molecular complexity index is 481. The van der Waals surface area contributed by atoms with Gasteiger partial charge < -0.3 is 9.84 Å². The van der Waals surface area contributed by atoms with Gasteiger partial charge in [-0.2, -0.15) is 4.98 Å². The lowest BCUT2D eigenvalue weighted by atomic mass is 10.3. The number of hydrogen-bond acceptors (Lipinski definition) is 6. The highest BCUT2D eigenvalue weighted by Gasteiger charge is 2.03. The minimum atomic E-state index is -0.427.